The van der Waals surface area contributed by atoms with Gasteiger partial charge >= 0.3 is 0 Å². The molecule has 0 rings (SSSR count). The van der Waals surface area contributed by atoms with Crippen molar-refractivity contribution in [3.05, 3.63) is 0 Å². The zero-order valence-corrected chi connectivity index (χ0v) is 5.09. The number of carbonyl (C=O) groups is 1. The molecule has 0 fully saturated rings. The highest BCUT2D eigenvalue weighted by molar-refractivity contribution is 5.36. The highest BCUT2D eigenvalue weighted by Crippen LogP contribution is 1.87. The van der Waals surface area contributed by atoms with Crippen molar-refractivity contribution in [3.63, 3.8) is 0 Å². The van der Waals surface area contributed by atoms with E-state index in [1.54, 1.807) is 6.92 Å². The molecule has 3 nitrogen and oxygen atoms in total. The van der Waals surface area contributed by atoms with E-state index in [0.717, 1.165) is 0 Å². The Kier molecular flexibility index (Phi) is 4.26. The van der Waals surface area contributed by atoms with Crippen LogP contribution in [0.3, 0.4) is 0 Å². The first kappa shape index (κ1) is 7.43. The molecule has 0 aliphatic heterocycles. The summed E-state index contributed by atoms with van der Waals surface area (Å²) in [7, 11) is 0. The van der Waals surface area contributed by atoms with Crippen molar-refractivity contribution in [1.82, 2.24) is 0 Å². The maximum Gasteiger partial charge on any atom is 0.295 e. The van der Waals surface area contributed by atoms with Gasteiger partial charge in [-0.15, -0.1) is 0 Å². The average Bonchev–Trinajstić information content (AvgIpc) is 1.68. The smallest absolute Gasteiger partial charge is 0.295 e. The Morgan fingerprint density at radius 3 is 2.75 bits per heavy atom. The lowest BCUT2D eigenvalue weighted by Crippen LogP contribution is -2.10. The first-order valence-corrected chi connectivity index (χ1v) is 2.52. The first-order chi connectivity index (χ1) is 3.81. The van der Waals surface area contributed by atoms with Crippen LogP contribution in [0.2, 0.25) is 0 Å². The van der Waals surface area contributed by atoms with Gasteiger partial charge in [-0.05, 0) is 13.8 Å². The van der Waals surface area contributed by atoms with Crippen LogP contribution in [0.25, 0.3) is 0 Å². The molecule has 0 amide bonds. The van der Waals surface area contributed by atoms with Gasteiger partial charge < -0.3 is 9.47 Å². The van der Waals surface area contributed by atoms with Crippen molar-refractivity contribution in [2.24, 2.45) is 0 Å². The van der Waals surface area contributed by atoms with E-state index in [9.17, 15) is 4.79 Å². The summed E-state index contributed by atoms with van der Waals surface area (Å²) in [5.41, 5.74) is 0. The molecule has 0 aromatic rings. The molecule has 0 spiro atoms. The summed E-state index contributed by atoms with van der Waals surface area (Å²) in [6.45, 7) is 4.44. The van der Waals surface area contributed by atoms with Crippen molar-refractivity contribution < 1.29 is 14.3 Å². The van der Waals surface area contributed by atoms with Gasteiger partial charge in [-0.25, -0.2) is 0 Å². The third kappa shape index (κ3) is 3.61. The topological polar surface area (TPSA) is 35.5 Å². The Bertz CT molecular complexity index is 62.7. The third-order valence-electron chi connectivity index (χ3n) is 0.649. The fourth-order valence-corrected chi connectivity index (χ4v) is 0.352. The van der Waals surface area contributed by atoms with Crippen molar-refractivity contribution in [1.29, 1.82) is 0 Å². The van der Waals surface area contributed by atoms with Crippen LogP contribution in [-0.2, 0) is 14.3 Å². The fourth-order valence-electron chi connectivity index (χ4n) is 0.352. The van der Waals surface area contributed by atoms with Crippen molar-refractivity contribution in [2.45, 2.75) is 20.1 Å². The molecule has 3 heteroatoms. The van der Waals surface area contributed by atoms with E-state index >= 15 is 0 Å². The largest absolute Gasteiger partial charge is 0.438 e. The predicted octanol–water partition coefficient (Wildman–Crippen LogP) is 0.542. The van der Waals surface area contributed by atoms with Crippen LogP contribution in [0, 0.1) is 0 Å². The van der Waals surface area contributed by atoms with Crippen LogP contribution in [-0.4, -0.2) is 19.4 Å². The molecule has 0 saturated heterocycles. The Morgan fingerprint density at radius 2 is 2.38 bits per heavy atom. The van der Waals surface area contributed by atoms with Crippen molar-refractivity contribution in [2.75, 3.05) is 6.61 Å². The minimum absolute atomic E-state index is 0.375. The van der Waals surface area contributed by atoms with Gasteiger partial charge in [0.05, 0.1) is 0 Å². The van der Waals surface area contributed by atoms with E-state index in [1.165, 1.54) is 0 Å². The van der Waals surface area contributed by atoms with E-state index in [-0.39, 0.29) is 0 Å². The second kappa shape index (κ2) is 4.59. The summed E-state index contributed by atoms with van der Waals surface area (Å²) < 4.78 is 9.21. The quantitative estimate of drug-likeness (QED) is 0.399. The zero-order valence-electron chi connectivity index (χ0n) is 5.09. The highest BCUT2D eigenvalue weighted by atomic mass is 16.7. The Hall–Kier alpha value is -0.570. The number of carbonyl (C=O) groups excluding carboxylic acids is 1. The summed E-state index contributed by atoms with van der Waals surface area (Å²) in [5, 5.41) is 0. The van der Waals surface area contributed by atoms with Crippen LogP contribution in [0.1, 0.15) is 13.8 Å². The van der Waals surface area contributed by atoms with E-state index in [1.807, 2.05) is 6.92 Å². The minimum atomic E-state index is -0.405. The predicted molar refractivity (Wildman–Crippen MR) is 28.2 cm³/mol. The lowest BCUT2D eigenvalue weighted by atomic mass is 10.7. The SMILES string of the molecule is CCOC(C)OC=O. The summed E-state index contributed by atoms with van der Waals surface area (Å²) in [5.74, 6) is 0. The summed E-state index contributed by atoms with van der Waals surface area (Å²) in [4.78, 5) is 9.59. The molecule has 0 aliphatic carbocycles. The Balaban J connectivity index is 3.03. The minimum Gasteiger partial charge on any atom is -0.438 e. The zero-order chi connectivity index (χ0) is 6.41. The summed E-state index contributed by atoms with van der Waals surface area (Å²) in [6.07, 6.45) is -0.405. The van der Waals surface area contributed by atoms with Gasteiger partial charge in [0.25, 0.3) is 6.47 Å². The van der Waals surface area contributed by atoms with E-state index in [0.29, 0.717) is 13.1 Å². The van der Waals surface area contributed by atoms with Gasteiger partial charge in [0.2, 0.25) is 0 Å². The normalized spacial score (nSPS) is 12.8. The molecule has 0 bridgehead atoms. The molecule has 48 valence electrons. The molecule has 0 aromatic heterocycles. The number of hydrogen-bond donors (Lipinski definition) is 0. The van der Waals surface area contributed by atoms with E-state index in [2.05, 4.69) is 4.74 Å². The second-order valence-electron chi connectivity index (χ2n) is 1.26. The second-order valence-corrected chi connectivity index (χ2v) is 1.26. The molecule has 0 heterocycles. The highest BCUT2D eigenvalue weighted by Gasteiger charge is 1.95. The molecule has 0 N–H and O–H groups in total. The lowest BCUT2D eigenvalue weighted by molar-refractivity contribution is -0.158. The molecule has 0 aromatic carbocycles. The molecule has 0 saturated carbocycles. The van der Waals surface area contributed by atoms with Crippen LogP contribution in [0.4, 0.5) is 0 Å². The molecule has 0 aliphatic rings. The first-order valence-electron chi connectivity index (χ1n) is 2.52. The Labute approximate surface area is 48.6 Å². The number of hydrogen-bond acceptors (Lipinski definition) is 3. The fraction of sp³-hybridized carbons (Fsp3) is 0.800. The number of rotatable bonds is 4. The molecule has 1 unspecified atom stereocenters. The van der Waals surface area contributed by atoms with Crippen molar-refractivity contribution >= 4 is 6.47 Å². The molecular weight excluding hydrogens is 108 g/mol. The number of ether oxygens (including phenoxy) is 2. The monoisotopic (exact) mass is 118 g/mol. The standard InChI is InChI=1S/C5H10O3/c1-3-7-5(2)8-4-6/h4-5H,3H2,1-2H3. The molecular formula is C5H10O3. The van der Waals surface area contributed by atoms with Crippen LogP contribution in [0.15, 0.2) is 0 Å². The van der Waals surface area contributed by atoms with Crippen LogP contribution < -0.4 is 0 Å². The van der Waals surface area contributed by atoms with Crippen LogP contribution >= 0.6 is 0 Å². The molecule has 1 atom stereocenters. The lowest BCUT2D eigenvalue weighted by Gasteiger charge is -2.06. The van der Waals surface area contributed by atoms with Gasteiger partial charge in [-0.2, -0.15) is 0 Å². The van der Waals surface area contributed by atoms with E-state index < -0.39 is 6.29 Å². The van der Waals surface area contributed by atoms with Gasteiger partial charge in [-0.1, -0.05) is 0 Å². The summed E-state index contributed by atoms with van der Waals surface area (Å²) in [6, 6.07) is 0. The van der Waals surface area contributed by atoms with Gasteiger partial charge in [-0.3, -0.25) is 4.79 Å². The maximum atomic E-state index is 9.59. The van der Waals surface area contributed by atoms with E-state index in [4.69, 9.17) is 4.74 Å². The van der Waals surface area contributed by atoms with Crippen LogP contribution in [0.5, 0.6) is 0 Å². The average molecular weight is 118 g/mol. The van der Waals surface area contributed by atoms with Gasteiger partial charge in [0.1, 0.15) is 0 Å². The Morgan fingerprint density at radius 1 is 1.75 bits per heavy atom. The van der Waals surface area contributed by atoms with Gasteiger partial charge in [0, 0.05) is 6.61 Å². The third-order valence-corrected chi connectivity index (χ3v) is 0.649. The van der Waals surface area contributed by atoms with Gasteiger partial charge in [0.15, 0.2) is 6.29 Å². The molecule has 8 heavy (non-hydrogen) atoms. The maximum absolute atomic E-state index is 9.59. The summed E-state index contributed by atoms with van der Waals surface area (Å²) >= 11 is 0. The molecule has 0 radical (unpaired) electrons. The van der Waals surface area contributed by atoms with Crippen molar-refractivity contribution in [3.8, 4) is 0 Å².